The molecule has 0 radical (unpaired) electrons. The maximum atomic E-state index is 12.0. The lowest BCUT2D eigenvalue weighted by Crippen LogP contribution is -2.24. The second kappa shape index (κ2) is 11.0. The molecule has 0 saturated carbocycles. The van der Waals surface area contributed by atoms with E-state index in [4.69, 9.17) is 0 Å². The van der Waals surface area contributed by atoms with Crippen LogP contribution < -0.4 is 5.32 Å². The zero-order valence-electron chi connectivity index (χ0n) is 16.1. The first kappa shape index (κ1) is 20.5. The molecule has 2 aromatic carbocycles. The Morgan fingerprint density at radius 2 is 1.50 bits per heavy atom. The van der Waals surface area contributed by atoms with E-state index in [1.807, 2.05) is 0 Å². The van der Waals surface area contributed by atoms with Crippen molar-refractivity contribution in [1.29, 1.82) is 0 Å². The molecule has 0 heterocycles. The van der Waals surface area contributed by atoms with E-state index < -0.39 is 0 Å². The molecule has 0 spiro atoms. The predicted molar refractivity (Wildman–Crippen MR) is 112 cm³/mol. The van der Waals surface area contributed by atoms with Gasteiger partial charge < -0.3 is 5.32 Å². The quantitative estimate of drug-likeness (QED) is 0.673. The summed E-state index contributed by atoms with van der Waals surface area (Å²) in [5.41, 5.74) is 4.99. The second-order valence-electron chi connectivity index (χ2n) is 6.53. The maximum Gasteiger partial charge on any atom is 0.230 e. The number of carbonyl (C=O) groups is 1. The number of benzene rings is 2. The molecule has 0 aliphatic heterocycles. The third-order valence-corrected chi connectivity index (χ3v) is 5.44. The summed E-state index contributed by atoms with van der Waals surface area (Å²) in [4.78, 5) is 14.4. The highest BCUT2D eigenvalue weighted by Crippen LogP contribution is 2.13. The summed E-state index contributed by atoms with van der Waals surface area (Å²) in [7, 11) is 0. The summed E-state index contributed by atoms with van der Waals surface area (Å²) in [6.45, 7) is 10.2. The van der Waals surface area contributed by atoms with Crippen molar-refractivity contribution in [2.75, 3.05) is 18.8 Å². The lowest BCUT2D eigenvalue weighted by Gasteiger charge is -2.18. The van der Waals surface area contributed by atoms with Crippen LogP contribution in [0.25, 0.3) is 0 Å². The smallest absolute Gasteiger partial charge is 0.230 e. The summed E-state index contributed by atoms with van der Waals surface area (Å²) in [6, 6.07) is 17.0. The van der Waals surface area contributed by atoms with Gasteiger partial charge >= 0.3 is 0 Å². The van der Waals surface area contributed by atoms with Gasteiger partial charge in [0.25, 0.3) is 0 Å². The number of amides is 1. The van der Waals surface area contributed by atoms with Gasteiger partial charge in [0.05, 0.1) is 5.75 Å². The molecule has 0 saturated heterocycles. The summed E-state index contributed by atoms with van der Waals surface area (Å²) < 4.78 is 0. The van der Waals surface area contributed by atoms with Crippen LogP contribution in [0.1, 0.15) is 36.1 Å². The molecule has 0 fully saturated rings. The molecule has 0 aliphatic rings. The van der Waals surface area contributed by atoms with Gasteiger partial charge in [0, 0.05) is 18.8 Å². The fourth-order valence-electron chi connectivity index (χ4n) is 2.67. The summed E-state index contributed by atoms with van der Waals surface area (Å²) in [6.07, 6.45) is 0. The highest BCUT2D eigenvalue weighted by atomic mass is 32.2. The van der Waals surface area contributed by atoms with E-state index >= 15 is 0 Å². The van der Waals surface area contributed by atoms with Crippen LogP contribution in [-0.4, -0.2) is 29.6 Å². The molecule has 0 atom stereocenters. The Bertz CT molecular complexity index is 664. The maximum absolute atomic E-state index is 12.0. The Balaban J connectivity index is 1.69. The molecule has 0 unspecified atom stereocenters. The Morgan fingerprint density at radius 3 is 2.12 bits per heavy atom. The van der Waals surface area contributed by atoms with E-state index in [0.717, 1.165) is 31.0 Å². The van der Waals surface area contributed by atoms with E-state index in [1.165, 1.54) is 16.7 Å². The number of rotatable bonds is 10. The van der Waals surface area contributed by atoms with Gasteiger partial charge in [-0.2, -0.15) is 0 Å². The van der Waals surface area contributed by atoms with Gasteiger partial charge in [-0.3, -0.25) is 9.69 Å². The van der Waals surface area contributed by atoms with Crippen LogP contribution in [0.3, 0.4) is 0 Å². The van der Waals surface area contributed by atoms with Gasteiger partial charge in [-0.15, -0.1) is 11.8 Å². The fourth-order valence-corrected chi connectivity index (χ4v) is 3.48. The van der Waals surface area contributed by atoms with E-state index in [9.17, 15) is 4.79 Å². The van der Waals surface area contributed by atoms with Crippen LogP contribution in [0.4, 0.5) is 0 Å². The fraction of sp³-hybridized carbons (Fsp3) is 0.409. The second-order valence-corrected chi connectivity index (χ2v) is 7.52. The normalized spacial score (nSPS) is 10.9. The minimum Gasteiger partial charge on any atom is -0.351 e. The highest BCUT2D eigenvalue weighted by Gasteiger charge is 2.04. The number of thioether (sulfide) groups is 1. The summed E-state index contributed by atoms with van der Waals surface area (Å²) in [5.74, 6) is 1.45. The molecular formula is C22H30N2OS. The zero-order valence-corrected chi connectivity index (χ0v) is 16.9. The van der Waals surface area contributed by atoms with Gasteiger partial charge in [0.15, 0.2) is 0 Å². The molecule has 0 bridgehead atoms. The predicted octanol–water partition coefficient (Wildman–Crippen LogP) is 4.39. The standard InChI is InChI=1S/C22H30N2OS/c1-4-24(5-2)15-20-12-10-19(11-13-20)14-23-22(25)17-26-16-21-8-6-18(3)7-9-21/h6-13H,4-5,14-17H2,1-3H3,(H,23,25). The first-order valence-corrected chi connectivity index (χ1v) is 10.5. The Labute approximate surface area is 162 Å². The van der Waals surface area contributed by atoms with Crippen molar-refractivity contribution in [3.05, 3.63) is 70.8 Å². The highest BCUT2D eigenvalue weighted by molar-refractivity contribution is 7.99. The van der Waals surface area contributed by atoms with E-state index in [1.54, 1.807) is 11.8 Å². The van der Waals surface area contributed by atoms with Crippen molar-refractivity contribution in [2.45, 2.75) is 39.6 Å². The Kier molecular flexibility index (Phi) is 8.72. The largest absolute Gasteiger partial charge is 0.351 e. The number of hydrogen-bond acceptors (Lipinski definition) is 3. The molecule has 2 aromatic rings. The van der Waals surface area contributed by atoms with E-state index in [2.05, 4.69) is 79.5 Å². The molecule has 3 nitrogen and oxygen atoms in total. The zero-order chi connectivity index (χ0) is 18.8. The minimum absolute atomic E-state index is 0.0920. The van der Waals surface area contributed by atoms with E-state index in [-0.39, 0.29) is 5.91 Å². The third-order valence-electron chi connectivity index (χ3n) is 4.44. The van der Waals surface area contributed by atoms with Crippen LogP contribution in [0.15, 0.2) is 48.5 Å². The van der Waals surface area contributed by atoms with Gasteiger partial charge in [0.2, 0.25) is 5.91 Å². The van der Waals surface area contributed by atoms with Gasteiger partial charge in [-0.25, -0.2) is 0 Å². The number of aryl methyl sites for hydroxylation is 1. The average molecular weight is 371 g/mol. The Hall–Kier alpha value is -1.78. The SMILES string of the molecule is CCN(CC)Cc1ccc(CNC(=O)CSCc2ccc(C)cc2)cc1. The minimum atomic E-state index is 0.0920. The van der Waals surface area contributed by atoms with Crippen molar-refractivity contribution in [3.63, 3.8) is 0 Å². The van der Waals surface area contributed by atoms with E-state index in [0.29, 0.717) is 12.3 Å². The molecule has 0 aliphatic carbocycles. The van der Waals surface area contributed by atoms with Crippen LogP contribution in [-0.2, 0) is 23.6 Å². The first-order chi connectivity index (χ1) is 12.6. The van der Waals surface area contributed by atoms with Gasteiger partial charge in [-0.05, 0) is 36.7 Å². The van der Waals surface area contributed by atoms with Crippen molar-refractivity contribution in [3.8, 4) is 0 Å². The molecule has 2 rings (SSSR count). The van der Waals surface area contributed by atoms with Crippen molar-refractivity contribution in [1.82, 2.24) is 10.2 Å². The van der Waals surface area contributed by atoms with Gasteiger partial charge in [0.1, 0.15) is 0 Å². The molecule has 1 amide bonds. The molecule has 26 heavy (non-hydrogen) atoms. The topological polar surface area (TPSA) is 32.3 Å². The van der Waals surface area contributed by atoms with Crippen molar-refractivity contribution in [2.24, 2.45) is 0 Å². The molecular weight excluding hydrogens is 340 g/mol. The lowest BCUT2D eigenvalue weighted by molar-refractivity contribution is -0.118. The summed E-state index contributed by atoms with van der Waals surface area (Å²) >= 11 is 1.65. The van der Waals surface area contributed by atoms with Crippen LogP contribution in [0.2, 0.25) is 0 Å². The monoisotopic (exact) mass is 370 g/mol. The van der Waals surface area contributed by atoms with Crippen LogP contribution in [0, 0.1) is 6.92 Å². The first-order valence-electron chi connectivity index (χ1n) is 9.30. The molecule has 1 N–H and O–H groups in total. The number of nitrogens with one attached hydrogen (secondary N) is 1. The average Bonchev–Trinajstić information content (AvgIpc) is 2.67. The number of hydrogen-bond donors (Lipinski definition) is 1. The van der Waals surface area contributed by atoms with Crippen LogP contribution in [0.5, 0.6) is 0 Å². The summed E-state index contributed by atoms with van der Waals surface area (Å²) in [5, 5.41) is 3.01. The molecule has 140 valence electrons. The number of nitrogens with zero attached hydrogens (tertiary/aromatic N) is 1. The van der Waals surface area contributed by atoms with Gasteiger partial charge in [-0.1, -0.05) is 67.9 Å². The molecule has 0 aromatic heterocycles. The number of carbonyl (C=O) groups excluding carboxylic acids is 1. The molecule has 4 heteroatoms. The van der Waals surface area contributed by atoms with Crippen molar-refractivity contribution >= 4 is 17.7 Å². The van der Waals surface area contributed by atoms with Crippen LogP contribution >= 0.6 is 11.8 Å². The third kappa shape index (κ3) is 7.22. The van der Waals surface area contributed by atoms with Crippen molar-refractivity contribution < 1.29 is 4.79 Å². The lowest BCUT2D eigenvalue weighted by atomic mass is 10.1. The Morgan fingerprint density at radius 1 is 0.923 bits per heavy atom.